The minimum absolute atomic E-state index is 0.0150. The molecular formula is C23H22F4N4O2S. The summed E-state index contributed by atoms with van der Waals surface area (Å²) < 4.78 is 81.8. The molecule has 0 aliphatic heterocycles. The van der Waals surface area contributed by atoms with Crippen LogP contribution in [0.1, 0.15) is 49.8 Å². The number of alkyl halides is 3. The maximum absolute atomic E-state index is 15.1. The average Bonchev–Trinajstić information content (AvgIpc) is 3.41. The third-order valence-corrected chi connectivity index (χ3v) is 7.74. The van der Waals surface area contributed by atoms with Gasteiger partial charge in [0.2, 0.25) is 10.0 Å². The molecule has 11 heteroatoms. The topological polar surface area (TPSA) is 87.8 Å². The van der Waals surface area contributed by atoms with Crippen molar-refractivity contribution in [2.24, 2.45) is 0 Å². The fourth-order valence-corrected chi connectivity index (χ4v) is 5.59. The molecule has 4 rings (SSSR count). The predicted molar refractivity (Wildman–Crippen MR) is 118 cm³/mol. The Kier molecular flexibility index (Phi) is 6.16. The number of hydrogen-bond acceptors (Lipinski definition) is 4. The zero-order chi connectivity index (χ0) is 24.8. The van der Waals surface area contributed by atoms with Gasteiger partial charge in [0.1, 0.15) is 22.8 Å². The fourth-order valence-electron chi connectivity index (χ4n) is 4.42. The number of nitrogens with zero attached hydrogens (tertiary/aromatic N) is 3. The molecule has 1 aliphatic carbocycles. The minimum atomic E-state index is -4.74. The Morgan fingerprint density at radius 2 is 1.88 bits per heavy atom. The van der Waals surface area contributed by atoms with Crippen LogP contribution < -0.4 is 4.72 Å². The first-order valence-corrected chi connectivity index (χ1v) is 12.2. The summed E-state index contributed by atoms with van der Waals surface area (Å²) >= 11 is 0. The number of sulfonamides is 1. The number of halogens is 4. The SMILES string of the molecule is Cc1ccc2c(c1F)c(C#N)c(-c1ccc(S(=O)(=O)NC(C)C(F)(F)F)cn1)n2C1CCCC1. The molecule has 0 amide bonds. The molecule has 1 aliphatic rings. The first-order valence-electron chi connectivity index (χ1n) is 10.7. The van der Waals surface area contributed by atoms with Gasteiger partial charge in [-0.3, -0.25) is 4.98 Å². The quantitative estimate of drug-likeness (QED) is 0.484. The Morgan fingerprint density at radius 1 is 1.21 bits per heavy atom. The smallest absolute Gasteiger partial charge is 0.335 e. The van der Waals surface area contributed by atoms with E-state index < -0.39 is 33.0 Å². The Balaban J connectivity index is 1.85. The maximum Gasteiger partial charge on any atom is 0.404 e. The highest BCUT2D eigenvalue weighted by molar-refractivity contribution is 7.89. The maximum atomic E-state index is 15.1. The molecule has 1 unspecified atom stereocenters. The summed E-state index contributed by atoms with van der Waals surface area (Å²) in [5.74, 6) is -0.503. The number of rotatable bonds is 5. The van der Waals surface area contributed by atoms with Gasteiger partial charge in [0.15, 0.2) is 0 Å². The molecule has 1 aromatic carbocycles. The van der Waals surface area contributed by atoms with Gasteiger partial charge in [0, 0.05) is 12.2 Å². The van der Waals surface area contributed by atoms with Crippen molar-refractivity contribution in [3.63, 3.8) is 0 Å². The van der Waals surface area contributed by atoms with Crippen molar-refractivity contribution in [1.82, 2.24) is 14.3 Å². The molecule has 3 aromatic rings. The van der Waals surface area contributed by atoms with Crippen LogP contribution in [0.2, 0.25) is 0 Å². The molecule has 1 fully saturated rings. The van der Waals surface area contributed by atoms with Crippen LogP contribution >= 0.6 is 0 Å². The third-order valence-electron chi connectivity index (χ3n) is 6.21. The van der Waals surface area contributed by atoms with Crippen LogP contribution in [0.5, 0.6) is 0 Å². The van der Waals surface area contributed by atoms with Gasteiger partial charge in [0.05, 0.1) is 27.9 Å². The highest BCUT2D eigenvalue weighted by Crippen LogP contribution is 2.42. The summed E-state index contributed by atoms with van der Waals surface area (Å²) in [6.07, 6.45) is -0.167. The number of benzene rings is 1. The zero-order valence-electron chi connectivity index (χ0n) is 18.4. The van der Waals surface area contributed by atoms with Crippen molar-refractivity contribution in [3.05, 3.63) is 47.4 Å². The number of nitriles is 1. The molecule has 2 aromatic heterocycles. The van der Waals surface area contributed by atoms with Crippen molar-refractivity contribution in [2.75, 3.05) is 0 Å². The van der Waals surface area contributed by atoms with E-state index in [0.29, 0.717) is 23.7 Å². The average molecular weight is 495 g/mol. The lowest BCUT2D eigenvalue weighted by atomic mass is 10.1. The van der Waals surface area contributed by atoms with E-state index in [0.717, 1.165) is 37.9 Å². The number of fused-ring (bicyclic) bond motifs is 1. The molecule has 34 heavy (non-hydrogen) atoms. The van der Waals surface area contributed by atoms with Crippen molar-refractivity contribution in [1.29, 1.82) is 5.26 Å². The molecule has 0 bridgehead atoms. The monoisotopic (exact) mass is 494 g/mol. The minimum Gasteiger partial charge on any atom is -0.335 e. The van der Waals surface area contributed by atoms with Crippen molar-refractivity contribution < 1.29 is 26.0 Å². The lowest BCUT2D eigenvalue weighted by Crippen LogP contribution is -2.42. The summed E-state index contributed by atoms with van der Waals surface area (Å²) in [6, 6.07) is 5.68. The lowest BCUT2D eigenvalue weighted by molar-refractivity contribution is -0.147. The van der Waals surface area contributed by atoms with Gasteiger partial charge in [-0.1, -0.05) is 18.9 Å². The van der Waals surface area contributed by atoms with E-state index in [1.807, 2.05) is 4.57 Å². The van der Waals surface area contributed by atoms with Gasteiger partial charge in [0.25, 0.3) is 0 Å². The molecular weight excluding hydrogens is 472 g/mol. The lowest BCUT2D eigenvalue weighted by Gasteiger charge is -2.19. The van der Waals surface area contributed by atoms with Crippen molar-refractivity contribution in [3.8, 4) is 17.5 Å². The molecule has 0 spiro atoms. The van der Waals surface area contributed by atoms with Crippen molar-refractivity contribution >= 4 is 20.9 Å². The largest absolute Gasteiger partial charge is 0.404 e. The normalized spacial score (nSPS) is 16.1. The first-order chi connectivity index (χ1) is 16.0. The second-order valence-electron chi connectivity index (χ2n) is 8.50. The standard InChI is InChI=1S/C23H22F4N4O2S/c1-13-7-10-19-20(21(13)24)17(11-28)22(31(19)15-5-3-4-6-15)18-9-8-16(12-29-18)34(32,33)30-14(2)23(25,26)27/h7-10,12,14-15,30H,3-6H2,1-2H3. The predicted octanol–water partition coefficient (Wildman–Crippen LogP) is 5.37. The van der Waals surface area contributed by atoms with Gasteiger partial charge in [-0.05, 0) is 50.5 Å². The molecule has 2 heterocycles. The van der Waals surface area contributed by atoms with Gasteiger partial charge >= 0.3 is 6.18 Å². The molecule has 1 atom stereocenters. The molecule has 1 N–H and O–H groups in total. The summed E-state index contributed by atoms with van der Waals surface area (Å²) in [5, 5.41) is 10.1. The van der Waals surface area contributed by atoms with E-state index in [1.165, 1.54) is 6.07 Å². The number of aryl methyl sites for hydroxylation is 1. The molecule has 180 valence electrons. The van der Waals surface area contributed by atoms with Gasteiger partial charge in [-0.15, -0.1) is 0 Å². The zero-order valence-corrected chi connectivity index (χ0v) is 19.3. The second-order valence-corrected chi connectivity index (χ2v) is 10.2. The van der Waals surface area contributed by atoms with E-state index >= 15 is 4.39 Å². The summed E-state index contributed by atoms with van der Waals surface area (Å²) in [4.78, 5) is 3.73. The van der Waals surface area contributed by atoms with Crippen LogP contribution in [0.4, 0.5) is 17.6 Å². The fraction of sp³-hybridized carbons (Fsp3) is 0.391. The summed E-state index contributed by atoms with van der Waals surface area (Å²) in [7, 11) is -4.48. The van der Waals surface area contributed by atoms with Crippen LogP contribution in [-0.4, -0.2) is 30.2 Å². The molecule has 6 nitrogen and oxygen atoms in total. The highest BCUT2D eigenvalue weighted by atomic mass is 32.2. The van der Waals surface area contributed by atoms with Crippen LogP contribution in [-0.2, 0) is 10.0 Å². The molecule has 1 saturated carbocycles. The summed E-state index contributed by atoms with van der Waals surface area (Å²) in [6.45, 7) is 2.31. The summed E-state index contributed by atoms with van der Waals surface area (Å²) in [5.41, 5.74) is 1.64. The third kappa shape index (κ3) is 4.16. The number of aromatic nitrogens is 2. The van der Waals surface area contributed by atoms with Crippen LogP contribution in [0.3, 0.4) is 0 Å². The van der Waals surface area contributed by atoms with E-state index in [2.05, 4.69) is 11.1 Å². The molecule has 0 radical (unpaired) electrons. The highest BCUT2D eigenvalue weighted by Gasteiger charge is 2.39. The van der Waals surface area contributed by atoms with Gasteiger partial charge < -0.3 is 4.57 Å². The Hall–Kier alpha value is -2.97. The number of pyridine rings is 1. The second kappa shape index (κ2) is 8.67. The van der Waals surface area contributed by atoms with E-state index in [9.17, 15) is 26.9 Å². The van der Waals surface area contributed by atoms with Gasteiger partial charge in [-0.25, -0.2) is 12.8 Å². The molecule has 0 saturated heterocycles. The van der Waals surface area contributed by atoms with Crippen LogP contribution in [0.15, 0.2) is 35.4 Å². The van der Waals surface area contributed by atoms with Crippen LogP contribution in [0, 0.1) is 24.1 Å². The van der Waals surface area contributed by atoms with E-state index in [1.54, 1.807) is 23.8 Å². The van der Waals surface area contributed by atoms with Gasteiger partial charge in [-0.2, -0.15) is 23.2 Å². The van der Waals surface area contributed by atoms with E-state index in [-0.39, 0.29) is 22.7 Å². The van der Waals surface area contributed by atoms with Crippen molar-refractivity contribution in [2.45, 2.75) is 62.7 Å². The van der Waals surface area contributed by atoms with E-state index in [4.69, 9.17) is 0 Å². The Morgan fingerprint density at radius 3 is 2.44 bits per heavy atom. The Labute approximate surface area is 194 Å². The first kappa shape index (κ1) is 24.2. The number of hydrogen-bond donors (Lipinski definition) is 1. The van der Waals surface area contributed by atoms with Crippen LogP contribution in [0.25, 0.3) is 22.3 Å². The Bertz CT molecular complexity index is 1380. The number of nitrogens with one attached hydrogen (secondary N) is 1.